The van der Waals surface area contributed by atoms with Crippen molar-refractivity contribution in [2.24, 2.45) is 5.92 Å². The monoisotopic (exact) mass is 391 g/mol. The van der Waals surface area contributed by atoms with Crippen LogP contribution >= 0.6 is 0 Å². The highest BCUT2D eigenvalue weighted by Crippen LogP contribution is 2.24. The van der Waals surface area contributed by atoms with E-state index >= 15 is 0 Å². The second-order valence-electron chi connectivity index (χ2n) is 7.68. The number of nitrogens with one attached hydrogen (secondary N) is 1. The summed E-state index contributed by atoms with van der Waals surface area (Å²) in [5.74, 6) is 2.05. The van der Waals surface area contributed by atoms with E-state index < -0.39 is 0 Å². The molecule has 2 heterocycles. The zero-order valence-corrected chi connectivity index (χ0v) is 16.5. The molecule has 0 radical (unpaired) electrons. The van der Waals surface area contributed by atoms with Crippen LogP contribution in [0.3, 0.4) is 0 Å². The molecular formula is C23H25N3O3. The molecule has 1 fully saturated rings. The van der Waals surface area contributed by atoms with Crippen molar-refractivity contribution in [1.82, 2.24) is 14.5 Å². The summed E-state index contributed by atoms with van der Waals surface area (Å²) in [6.45, 7) is 5.12. The SMILES string of the molecule is Cc1cn(CC2CCN(Cc3cccc(Oc4ccccc4)c3)C2)c(=O)[nH]c1=O. The number of aromatic amines is 1. The standard InChI is InChI=1S/C23H25N3O3/c1-17-13-26(23(28)24-22(17)27)16-19-10-11-25(15-19)14-18-6-5-9-21(12-18)29-20-7-3-2-4-8-20/h2-9,12-13,19H,10-11,14-16H2,1H3,(H,24,27,28). The van der Waals surface area contributed by atoms with Gasteiger partial charge in [0.25, 0.3) is 5.56 Å². The number of ether oxygens (including phenoxy) is 1. The molecule has 1 aromatic heterocycles. The molecule has 150 valence electrons. The highest BCUT2D eigenvalue weighted by atomic mass is 16.5. The Bertz CT molecular complexity index is 1090. The maximum atomic E-state index is 12.0. The van der Waals surface area contributed by atoms with Gasteiger partial charge in [-0.25, -0.2) is 4.79 Å². The Hall–Kier alpha value is -3.12. The first-order valence-corrected chi connectivity index (χ1v) is 9.91. The lowest BCUT2D eigenvalue weighted by molar-refractivity contribution is 0.307. The van der Waals surface area contributed by atoms with E-state index in [-0.39, 0.29) is 11.2 Å². The first kappa shape index (κ1) is 19.2. The lowest BCUT2D eigenvalue weighted by Gasteiger charge is -2.17. The third kappa shape index (κ3) is 4.84. The molecular weight excluding hydrogens is 366 g/mol. The number of aryl methyl sites for hydroxylation is 1. The molecule has 1 aliphatic heterocycles. The molecule has 0 aliphatic carbocycles. The predicted molar refractivity (Wildman–Crippen MR) is 112 cm³/mol. The van der Waals surface area contributed by atoms with Crippen molar-refractivity contribution in [1.29, 1.82) is 0 Å². The summed E-state index contributed by atoms with van der Waals surface area (Å²) in [5, 5.41) is 0. The molecule has 1 N–H and O–H groups in total. The summed E-state index contributed by atoms with van der Waals surface area (Å²) in [7, 11) is 0. The van der Waals surface area contributed by atoms with Crippen molar-refractivity contribution in [2.45, 2.75) is 26.4 Å². The predicted octanol–water partition coefficient (Wildman–Crippen LogP) is 3.16. The number of H-pyrrole nitrogens is 1. The van der Waals surface area contributed by atoms with Gasteiger partial charge in [-0.15, -0.1) is 0 Å². The van der Waals surface area contributed by atoms with E-state index in [0.717, 1.165) is 37.6 Å². The zero-order chi connectivity index (χ0) is 20.2. The van der Waals surface area contributed by atoms with E-state index in [1.54, 1.807) is 17.7 Å². The lowest BCUT2D eigenvalue weighted by atomic mass is 10.1. The Balaban J connectivity index is 1.37. The van der Waals surface area contributed by atoms with Gasteiger partial charge in [0.2, 0.25) is 0 Å². The number of benzene rings is 2. The molecule has 1 saturated heterocycles. The molecule has 0 bridgehead atoms. The van der Waals surface area contributed by atoms with Gasteiger partial charge >= 0.3 is 5.69 Å². The van der Waals surface area contributed by atoms with Gasteiger partial charge in [-0.2, -0.15) is 0 Å². The second-order valence-corrected chi connectivity index (χ2v) is 7.68. The minimum atomic E-state index is -0.329. The Morgan fingerprint density at radius 3 is 2.69 bits per heavy atom. The van der Waals surface area contributed by atoms with E-state index in [1.807, 2.05) is 42.5 Å². The number of aromatic nitrogens is 2. The molecule has 0 saturated carbocycles. The average molecular weight is 391 g/mol. The molecule has 29 heavy (non-hydrogen) atoms. The van der Waals surface area contributed by atoms with Crippen LogP contribution in [0.4, 0.5) is 0 Å². The first-order valence-electron chi connectivity index (χ1n) is 9.91. The fraction of sp³-hybridized carbons (Fsp3) is 0.304. The summed E-state index contributed by atoms with van der Waals surface area (Å²) in [6, 6.07) is 17.9. The molecule has 1 aliphatic rings. The first-order chi connectivity index (χ1) is 14.1. The van der Waals surface area contributed by atoms with Crippen molar-refractivity contribution in [3.8, 4) is 11.5 Å². The minimum Gasteiger partial charge on any atom is -0.457 e. The van der Waals surface area contributed by atoms with E-state index in [2.05, 4.69) is 22.0 Å². The number of hydrogen-bond donors (Lipinski definition) is 1. The highest BCUT2D eigenvalue weighted by Gasteiger charge is 2.23. The van der Waals surface area contributed by atoms with Crippen LogP contribution in [-0.2, 0) is 13.1 Å². The Morgan fingerprint density at radius 2 is 1.86 bits per heavy atom. The normalized spacial score (nSPS) is 16.8. The maximum absolute atomic E-state index is 12.0. The molecule has 0 amide bonds. The molecule has 1 unspecified atom stereocenters. The van der Waals surface area contributed by atoms with Gasteiger partial charge in [-0.05, 0) is 55.6 Å². The average Bonchev–Trinajstić information content (AvgIpc) is 3.14. The van der Waals surface area contributed by atoms with E-state index in [9.17, 15) is 9.59 Å². The van der Waals surface area contributed by atoms with Crippen molar-refractivity contribution in [3.63, 3.8) is 0 Å². The van der Waals surface area contributed by atoms with Crippen LogP contribution in [0.5, 0.6) is 11.5 Å². The molecule has 6 heteroatoms. The fourth-order valence-electron chi connectivity index (χ4n) is 3.83. The molecule has 2 aromatic carbocycles. The van der Waals surface area contributed by atoms with Gasteiger partial charge in [-0.3, -0.25) is 14.7 Å². The molecule has 4 rings (SSSR count). The van der Waals surface area contributed by atoms with E-state index in [4.69, 9.17) is 4.74 Å². The van der Waals surface area contributed by atoms with Gasteiger partial charge in [-0.1, -0.05) is 30.3 Å². The molecule has 6 nitrogen and oxygen atoms in total. The summed E-state index contributed by atoms with van der Waals surface area (Å²) < 4.78 is 7.56. The number of hydrogen-bond acceptors (Lipinski definition) is 4. The van der Waals surface area contributed by atoms with Gasteiger partial charge in [0, 0.05) is 31.4 Å². The summed E-state index contributed by atoms with van der Waals surface area (Å²) in [4.78, 5) is 28.3. The van der Waals surface area contributed by atoms with Gasteiger partial charge in [0.15, 0.2) is 0 Å². The van der Waals surface area contributed by atoms with Crippen molar-refractivity contribution >= 4 is 0 Å². The van der Waals surface area contributed by atoms with Crippen LogP contribution in [0, 0.1) is 12.8 Å². The van der Waals surface area contributed by atoms with Crippen LogP contribution in [-0.4, -0.2) is 27.5 Å². The Labute approximate surface area is 169 Å². The van der Waals surface area contributed by atoms with Crippen LogP contribution in [0.1, 0.15) is 17.5 Å². The van der Waals surface area contributed by atoms with Crippen LogP contribution in [0.2, 0.25) is 0 Å². The third-order valence-electron chi connectivity index (χ3n) is 5.30. The molecule has 1 atom stereocenters. The second kappa shape index (κ2) is 8.49. The number of nitrogens with zero attached hydrogens (tertiary/aromatic N) is 2. The number of likely N-dealkylation sites (tertiary alicyclic amines) is 1. The topological polar surface area (TPSA) is 67.3 Å². The highest BCUT2D eigenvalue weighted by molar-refractivity contribution is 5.33. The van der Waals surface area contributed by atoms with Crippen molar-refractivity contribution in [3.05, 3.63) is 92.8 Å². The van der Waals surface area contributed by atoms with E-state index in [0.29, 0.717) is 18.0 Å². The Kier molecular flexibility index (Phi) is 5.62. The Morgan fingerprint density at radius 1 is 1.07 bits per heavy atom. The molecule has 3 aromatic rings. The van der Waals surface area contributed by atoms with E-state index in [1.165, 1.54) is 5.56 Å². The fourth-order valence-corrected chi connectivity index (χ4v) is 3.83. The quantitative estimate of drug-likeness (QED) is 0.701. The largest absolute Gasteiger partial charge is 0.457 e. The van der Waals surface area contributed by atoms with Crippen LogP contribution < -0.4 is 16.0 Å². The van der Waals surface area contributed by atoms with Crippen LogP contribution in [0.15, 0.2) is 70.4 Å². The molecule has 0 spiro atoms. The van der Waals surface area contributed by atoms with Gasteiger partial charge in [0.1, 0.15) is 11.5 Å². The third-order valence-corrected chi connectivity index (χ3v) is 5.30. The number of para-hydroxylation sites is 1. The summed E-state index contributed by atoms with van der Waals surface area (Å²) in [5.41, 5.74) is 1.13. The summed E-state index contributed by atoms with van der Waals surface area (Å²) in [6.07, 6.45) is 2.69. The minimum absolute atomic E-state index is 0.308. The zero-order valence-electron chi connectivity index (χ0n) is 16.5. The van der Waals surface area contributed by atoms with Crippen LogP contribution in [0.25, 0.3) is 0 Å². The summed E-state index contributed by atoms with van der Waals surface area (Å²) >= 11 is 0. The van der Waals surface area contributed by atoms with Crippen molar-refractivity contribution < 1.29 is 4.74 Å². The smallest absolute Gasteiger partial charge is 0.328 e. The number of rotatable bonds is 6. The van der Waals surface area contributed by atoms with Gasteiger partial charge < -0.3 is 9.30 Å². The van der Waals surface area contributed by atoms with Gasteiger partial charge in [0.05, 0.1) is 0 Å². The van der Waals surface area contributed by atoms with Crippen molar-refractivity contribution in [2.75, 3.05) is 13.1 Å². The lowest BCUT2D eigenvalue weighted by Crippen LogP contribution is -2.33. The maximum Gasteiger partial charge on any atom is 0.328 e.